The predicted octanol–water partition coefficient (Wildman–Crippen LogP) is 0.524. The third kappa shape index (κ3) is 5.11. The fourth-order valence-electron chi connectivity index (χ4n) is 3.21. The number of rotatable bonds is 7. The number of carbonyl (C=O) groups excluding carboxylic acids is 3. The SMILES string of the molecule is CC[NH+](CC(=O)Nc1cccc(OC)c1)CC(=O)N1CC(=O)Nc2ccccc21. The molecule has 1 atom stereocenters. The highest BCUT2D eigenvalue weighted by Gasteiger charge is 2.29. The summed E-state index contributed by atoms with van der Waals surface area (Å²) in [6.07, 6.45) is 0. The standard InChI is InChI=1S/C21H24N4O4/c1-3-24(12-19(26)22-15-7-6-8-16(11-15)29-2)14-21(28)25-13-20(27)23-17-9-4-5-10-18(17)25/h4-11H,3,12-14H2,1-2H3,(H,22,26)(H,23,27)/p+1. The number of amides is 3. The number of ether oxygens (including phenoxy) is 1. The van der Waals surface area contributed by atoms with Gasteiger partial charge in [0.05, 0.1) is 25.0 Å². The molecular weight excluding hydrogens is 372 g/mol. The smallest absolute Gasteiger partial charge is 0.282 e. The molecule has 0 saturated heterocycles. The van der Waals surface area contributed by atoms with Crippen molar-refractivity contribution in [3.05, 3.63) is 48.5 Å². The lowest BCUT2D eigenvalue weighted by molar-refractivity contribution is -0.881. The van der Waals surface area contributed by atoms with E-state index in [0.717, 1.165) is 4.90 Å². The van der Waals surface area contributed by atoms with Crippen LogP contribution in [-0.4, -0.2) is 51.0 Å². The summed E-state index contributed by atoms with van der Waals surface area (Å²) in [4.78, 5) is 39.5. The van der Waals surface area contributed by atoms with Crippen LogP contribution in [-0.2, 0) is 14.4 Å². The lowest BCUT2D eigenvalue weighted by Crippen LogP contribution is -3.14. The van der Waals surface area contributed by atoms with Crippen molar-refractivity contribution in [3.63, 3.8) is 0 Å². The van der Waals surface area contributed by atoms with Gasteiger partial charge in [0.15, 0.2) is 13.1 Å². The quantitative estimate of drug-likeness (QED) is 0.635. The van der Waals surface area contributed by atoms with Crippen molar-refractivity contribution in [3.8, 4) is 5.75 Å². The monoisotopic (exact) mass is 397 g/mol. The maximum Gasteiger partial charge on any atom is 0.282 e. The van der Waals surface area contributed by atoms with Crippen molar-refractivity contribution in [2.45, 2.75) is 6.92 Å². The van der Waals surface area contributed by atoms with E-state index >= 15 is 0 Å². The van der Waals surface area contributed by atoms with Gasteiger partial charge in [-0.1, -0.05) is 18.2 Å². The number of nitrogens with one attached hydrogen (secondary N) is 3. The Morgan fingerprint density at radius 1 is 1.17 bits per heavy atom. The van der Waals surface area contributed by atoms with Crippen LogP contribution in [0.25, 0.3) is 0 Å². The Bertz CT molecular complexity index is 915. The summed E-state index contributed by atoms with van der Waals surface area (Å²) in [6, 6.07) is 14.3. The van der Waals surface area contributed by atoms with E-state index in [1.54, 1.807) is 49.6 Å². The summed E-state index contributed by atoms with van der Waals surface area (Å²) >= 11 is 0. The summed E-state index contributed by atoms with van der Waals surface area (Å²) in [5.74, 6) is 0.0311. The van der Waals surface area contributed by atoms with E-state index in [4.69, 9.17) is 4.74 Å². The minimum absolute atomic E-state index is 0.0250. The van der Waals surface area contributed by atoms with Gasteiger partial charge in [-0.2, -0.15) is 0 Å². The first-order valence-corrected chi connectivity index (χ1v) is 9.47. The van der Waals surface area contributed by atoms with Crippen LogP contribution in [0.15, 0.2) is 48.5 Å². The Hall–Kier alpha value is -3.39. The third-order valence-electron chi connectivity index (χ3n) is 4.74. The van der Waals surface area contributed by atoms with Gasteiger partial charge in [-0.3, -0.25) is 19.3 Å². The van der Waals surface area contributed by atoms with Gasteiger partial charge in [-0.15, -0.1) is 0 Å². The van der Waals surface area contributed by atoms with Crippen LogP contribution in [0.3, 0.4) is 0 Å². The Morgan fingerprint density at radius 3 is 2.72 bits per heavy atom. The molecule has 0 aromatic heterocycles. The minimum Gasteiger partial charge on any atom is -0.497 e. The molecule has 0 aliphatic carbocycles. The number of fused-ring (bicyclic) bond motifs is 1. The second-order valence-corrected chi connectivity index (χ2v) is 6.78. The molecule has 0 bridgehead atoms. The molecule has 8 nitrogen and oxygen atoms in total. The molecule has 152 valence electrons. The molecule has 8 heteroatoms. The number of nitrogens with zero attached hydrogens (tertiary/aromatic N) is 1. The van der Waals surface area contributed by atoms with Crippen molar-refractivity contribution in [1.29, 1.82) is 0 Å². The van der Waals surface area contributed by atoms with Crippen molar-refractivity contribution in [2.75, 3.05) is 48.8 Å². The molecule has 3 N–H and O–H groups in total. The number of benzene rings is 2. The highest BCUT2D eigenvalue weighted by atomic mass is 16.5. The fraction of sp³-hybridized carbons (Fsp3) is 0.286. The number of hydrogen-bond donors (Lipinski definition) is 3. The summed E-state index contributed by atoms with van der Waals surface area (Å²) in [7, 11) is 1.56. The number of carbonyl (C=O) groups is 3. The topological polar surface area (TPSA) is 92.2 Å². The second-order valence-electron chi connectivity index (χ2n) is 6.78. The van der Waals surface area contributed by atoms with Crippen LogP contribution >= 0.6 is 0 Å². The molecule has 1 aliphatic rings. The minimum atomic E-state index is -0.231. The van der Waals surface area contributed by atoms with Crippen molar-refractivity contribution in [2.24, 2.45) is 0 Å². The number of para-hydroxylation sites is 2. The number of methoxy groups -OCH3 is 1. The maximum atomic E-state index is 12.9. The molecule has 0 radical (unpaired) electrons. The molecule has 2 aromatic carbocycles. The molecule has 29 heavy (non-hydrogen) atoms. The van der Waals surface area contributed by atoms with Crippen molar-refractivity contribution < 1.29 is 24.0 Å². The summed E-state index contributed by atoms with van der Waals surface area (Å²) in [5.41, 5.74) is 1.93. The van der Waals surface area contributed by atoms with E-state index in [2.05, 4.69) is 10.6 Å². The van der Waals surface area contributed by atoms with Crippen molar-refractivity contribution >= 4 is 34.8 Å². The number of anilines is 3. The Kier molecular flexibility index (Phi) is 6.46. The van der Waals surface area contributed by atoms with Crippen molar-refractivity contribution in [1.82, 2.24) is 0 Å². The van der Waals surface area contributed by atoms with E-state index in [0.29, 0.717) is 29.4 Å². The van der Waals surface area contributed by atoms with Gasteiger partial charge < -0.3 is 20.3 Å². The van der Waals surface area contributed by atoms with E-state index in [9.17, 15) is 14.4 Å². The average molecular weight is 397 g/mol. The van der Waals surface area contributed by atoms with Crippen LogP contribution in [0.1, 0.15) is 6.92 Å². The van der Waals surface area contributed by atoms with Gasteiger partial charge in [0.1, 0.15) is 12.3 Å². The first-order chi connectivity index (χ1) is 14.0. The number of quaternary nitrogens is 1. The van der Waals surface area contributed by atoms with E-state index < -0.39 is 0 Å². The molecule has 3 rings (SSSR count). The van der Waals surface area contributed by atoms with Gasteiger partial charge in [-0.25, -0.2) is 0 Å². The number of likely N-dealkylation sites (N-methyl/N-ethyl adjacent to an activating group) is 1. The van der Waals surface area contributed by atoms with Gasteiger partial charge in [0.25, 0.3) is 11.8 Å². The molecule has 3 amide bonds. The summed E-state index contributed by atoms with van der Waals surface area (Å²) in [6.45, 7) is 2.74. The van der Waals surface area contributed by atoms with E-state index in [1.165, 1.54) is 4.90 Å². The van der Waals surface area contributed by atoms with Crippen LogP contribution in [0.4, 0.5) is 17.1 Å². The molecule has 2 aromatic rings. The Labute approximate surface area is 169 Å². The van der Waals surface area contributed by atoms with Crippen LogP contribution < -0.4 is 25.2 Å². The van der Waals surface area contributed by atoms with Gasteiger partial charge in [-0.05, 0) is 31.2 Å². The normalized spacial score (nSPS) is 13.9. The summed E-state index contributed by atoms with van der Waals surface area (Å²) in [5, 5.41) is 5.60. The lowest BCUT2D eigenvalue weighted by atomic mass is 10.2. The third-order valence-corrected chi connectivity index (χ3v) is 4.74. The summed E-state index contributed by atoms with van der Waals surface area (Å²) < 4.78 is 5.16. The molecule has 1 unspecified atom stereocenters. The Balaban J connectivity index is 1.63. The van der Waals surface area contributed by atoms with Gasteiger partial charge in [0.2, 0.25) is 5.91 Å². The van der Waals surface area contributed by atoms with Gasteiger partial charge in [0, 0.05) is 11.8 Å². The van der Waals surface area contributed by atoms with E-state index in [-0.39, 0.29) is 37.4 Å². The van der Waals surface area contributed by atoms with E-state index in [1.807, 2.05) is 13.0 Å². The molecule has 0 saturated carbocycles. The zero-order valence-electron chi connectivity index (χ0n) is 16.5. The van der Waals surface area contributed by atoms with Crippen LogP contribution in [0.5, 0.6) is 5.75 Å². The first-order valence-electron chi connectivity index (χ1n) is 9.47. The number of hydrogen-bond acceptors (Lipinski definition) is 4. The molecule has 1 aliphatic heterocycles. The van der Waals surface area contributed by atoms with Crippen LogP contribution in [0.2, 0.25) is 0 Å². The average Bonchev–Trinajstić information content (AvgIpc) is 2.72. The predicted molar refractivity (Wildman–Crippen MR) is 110 cm³/mol. The Morgan fingerprint density at radius 2 is 1.97 bits per heavy atom. The largest absolute Gasteiger partial charge is 0.497 e. The zero-order valence-corrected chi connectivity index (χ0v) is 16.5. The van der Waals surface area contributed by atoms with Gasteiger partial charge >= 0.3 is 0 Å². The molecule has 0 spiro atoms. The molecule has 0 fully saturated rings. The molecular formula is C21H25N4O4+. The van der Waals surface area contributed by atoms with Crippen LogP contribution in [0, 0.1) is 0 Å². The first kappa shape index (κ1) is 20.3. The second kappa shape index (κ2) is 9.20. The maximum absolute atomic E-state index is 12.9. The fourth-order valence-corrected chi connectivity index (χ4v) is 3.21. The zero-order chi connectivity index (χ0) is 20.8. The lowest BCUT2D eigenvalue weighted by Gasteiger charge is -2.30. The highest BCUT2D eigenvalue weighted by molar-refractivity contribution is 6.10. The highest BCUT2D eigenvalue weighted by Crippen LogP contribution is 2.28. The molecule has 1 heterocycles.